The molecule has 1 saturated heterocycles. The Labute approximate surface area is 105 Å². The highest BCUT2D eigenvalue weighted by Crippen LogP contribution is 2.24. The van der Waals surface area contributed by atoms with Crippen LogP contribution in [0.1, 0.15) is 23.4 Å². The van der Waals surface area contributed by atoms with Crippen molar-refractivity contribution in [3.63, 3.8) is 0 Å². The Hall–Kier alpha value is -2.10. The van der Waals surface area contributed by atoms with Crippen LogP contribution in [0.15, 0.2) is 41.1 Å². The maximum atomic E-state index is 12.3. The zero-order valence-corrected chi connectivity index (χ0v) is 10.0. The number of hydrogen-bond acceptors (Lipinski definition) is 3. The predicted molar refractivity (Wildman–Crippen MR) is 67.1 cm³/mol. The van der Waals surface area contributed by atoms with Gasteiger partial charge in [0.15, 0.2) is 6.39 Å². The molecule has 2 heterocycles. The van der Waals surface area contributed by atoms with Crippen molar-refractivity contribution in [2.75, 3.05) is 13.1 Å². The van der Waals surface area contributed by atoms with Crippen LogP contribution in [0.25, 0.3) is 11.3 Å². The summed E-state index contributed by atoms with van der Waals surface area (Å²) >= 11 is 0. The molecule has 1 aromatic carbocycles. The minimum absolute atomic E-state index is 0.0520. The molecule has 18 heavy (non-hydrogen) atoms. The van der Waals surface area contributed by atoms with Crippen LogP contribution in [-0.2, 0) is 0 Å². The summed E-state index contributed by atoms with van der Waals surface area (Å²) in [6.45, 7) is 1.63. The zero-order chi connectivity index (χ0) is 12.4. The maximum Gasteiger partial charge on any atom is 0.291 e. The molecule has 0 atom stereocenters. The first-order chi connectivity index (χ1) is 8.86. The van der Waals surface area contributed by atoms with E-state index in [1.165, 1.54) is 6.39 Å². The molecule has 4 heteroatoms. The average Bonchev–Trinajstić information content (AvgIpc) is 3.10. The van der Waals surface area contributed by atoms with Crippen molar-refractivity contribution in [1.29, 1.82) is 0 Å². The molecular weight excluding hydrogens is 228 g/mol. The average molecular weight is 242 g/mol. The maximum absolute atomic E-state index is 12.3. The summed E-state index contributed by atoms with van der Waals surface area (Å²) in [6, 6.07) is 9.64. The van der Waals surface area contributed by atoms with Gasteiger partial charge in [0.25, 0.3) is 5.91 Å². The molecule has 0 aliphatic carbocycles. The lowest BCUT2D eigenvalue weighted by atomic mass is 10.1. The first kappa shape index (κ1) is 11.0. The van der Waals surface area contributed by atoms with Gasteiger partial charge in [-0.3, -0.25) is 4.79 Å². The molecule has 0 unspecified atom stereocenters. The lowest BCUT2D eigenvalue weighted by molar-refractivity contribution is 0.0762. The van der Waals surface area contributed by atoms with E-state index >= 15 is 0 Å². The Balaban J connectivity index is 1.94. The van der Waals surface area contributed by atoms with Crippen molar-refractivity contribution >= 4 is 5.91 Å². The van der Waals surface area contributed by atoms with Crippen LogP contribution in [0.4, 0.5) is 0 Å². The van der Waals surface area contributed by atoms with Crippen molar-refractivity contribution in [2.45, 2.75) is 12.8 Å². The highest BCUT2D eigenvalue weighted by atomic mass is 16.3. The van der Waals surface area contributed by atoms with E-state index in [4.69, 9.17) is 4.42 Å². The van der Waals surface area contributed by atoms with Gasteiger partial charge in [0, 0.05) is 18.7 Å². The topological polar surface area (TPSA) is 46.3 Å². The van der Waals surface area contributed by atoms with Crippen molar-refractivity contribution in [2.24, 2.45) is 0 Å². The summed E-state index contributed by atoms with van der Waals surface area (Å²) in [4.78, 5) is 18.3. The van der Waals surface area contributed by atoms with E-state index in [0.29, 0.717) is 11.5 Å². The van der Waals surface area contributed by atoms with Gasteiger partial charge in [-0.25, -0.2) is 4.98 Å². The molecule has 1 aliphatic heterocycles. The smallest absolute Gasteiger partial charge is 0.291 e. The fourth-order valence-electron chi connectivity index (χ4n) is 2.26. The summed E-state index contributed by atoms with van der Waals surface area (Å²) < 4.78 is 5.29. The van der Waals surface area contributed by atoms with Gasteiger partial charge in [0.1, 0.15) is 5.69 Å². The number of oxazole rings is 1. The van der Waals surface area contributed by atoms with Crippen molar-refractivity contribution < 1.29 is 9.21 Å². The Morgan fingerprint density at radius 3 is 2.61 bits per heavy atom. The Morgan fingerprint density at radius 2 is 1.89 bits per heavy atom. The summed E-state index contributed by atoms with van der Waals surface area (Å²) in [6.07, 6.45) is 3.48. The molecule has 1 aromatic heterocycles. The van der Waals surface area contributed by atoms with Gasteiger partial charge in [-0.05, 0) is 12.8 Å². The number of hydrogen-bond donors (Lipinski definition) is 0. The molecule has 92 valence electrons. The van der Waals surface area contributed by atoms with E-state index in [9.17, 15) is 4.79 Å². The summed E-state index contributed by atoms with van der Waals surface area (Å²) in [5.41, 5.74) is 1.54. The molecule has 0 radical (unpaired) electrons. The largest absolute Gasteiger partial charge is 0.438 e. The lowest BCUT2D eigenvalue weighted by Gasteiger charge is -2.13. The second-order valence-electron chi connectivity index (χ2n) is 4.40. The van der Waals surface area contributed by atoms with E-state index in [-0.39, 0.29) is 5.91 Å². The number of likely N-dealkylation sites (tertiary alicyclic amines) is 1. The van der Waals surface area contributed by atoms with Gasteiger partial charge in [0.2, 0.25) is 5.76 Å². The molecular formula is C14H14N2O2. The van der Waals surface area contributed by atoms with Crippen LogP contribution in [0.2, 0.25) is 0 Å². The van der Waals surface area contributed by atoms with Gasteiger partial charge >= 0.3 is 0 Å². The SMILES string of the molecule is O=C(c1ocnc1-c1ccccc1)N1CCCC1. The second kappa shape index (κ2) is 4.64. The van der Waals surface area contributed by atoms with Gasteiger partial charge < -0.3 is 9.32 Å². The molecule has 0 spiro atoms. The van der Waals surface area contributed by atoms with Gasteiger partial charge in [-0.1, -0.05) is 30.3 Å². The molecule has 0 bridgehead atoms. The van der Waals surface area contributed by atoms with E-state index in [1.807, 2.05) is 35.2 Å². The summed E-state index contributed by atoms with van der Waals surface area (Å²) in [5, 5.41) is 0. The Bertz CT molecular complexity index is 542. The van der Waals surface area contributed by atoms with Crippen LogP contribution in [-0.4, -0.2) is 28.9 Å². The molecule has 1 amide bonds. The fourth-order valence-corrected chi connectivity index (χ4v) is 2.26. The molecule has 1 fully saturated rings. The number of nitrogens with zero attached hydrogens (tertiary/aromatic N) is 2. The van der Waals surface area contributed by atoms with Gasteiger partial charge in [-0.15, -0.1) is 0 Å². The summed E-state index contributed by atoms with van der Waals surface area (Å²) in [7, 11) is 0. The normalized spacial score (nSPS) is 15.0. The van der Waals surface area contributed by atoms with Gasteiger partial charge in [0.05, 0.1) is 0 Å². The quantitative estimate of drug-likeness (QED) is 0.813. The molecule has 2 aromatic rings. The first-order valence-corrected chi connectivity index (χ1v) is 6.14. The third-order valence-corrected chi connectivity index (χ3v) is 3.20. The number of rotatable bonds is 2. The van der Waals surface area contributed by atoms with Crippen LogP contribution < -0.4 is 0 Å². The van der Waals surface area contributed by atoms with E-state index in [2.05, 4.69) is 4.98 Å². The standard InChI is InChI=1S/C14H14N2O2/c17-14(16-8-4-5-9-16)13-12(15-10-18-13)11-6-2-1-3-7-11/h1-3,6-7,10H,4-5,8-9H2. The molecule has 3 rings (SSSR count). The minimum Gasteiger partial charge on any atom is -0.438 e. The second-order valence-corrected chi connectivity index (χ2v) is 4.40. The van der Waals surface area contributed by atoms with Crippen LogP contribution in [0, 0.1) is 0 Å². The number of carbonyl (C=O) groups excluding carboxylic acids is 1. The molecule has 4 nitrogen and oxygen atoms in total. The summed E-state index contributed by atoms with van der Waals surface area (Å²) in [5.74, 6) is 0.298. The number of aromatic nitrogens is 1. The first-order valence-electron chi connectivity index (χ1n) is 6.14. The van der Waals surface area contributed by atoms with Crippen molar-refractivity contribution in [1.82, 2.24) is 9.88 Å². The predicted octanol–water partition coefficient (Wildman–Crippen LogP) is 2.58. The van der Waals surface area contributed by atoms with E-state index in [1.54, 1.807) is 0 Å². The van der Waals surface area contributed by atoms with Crippen molar-refractivity contribution in [3.05, 3.63) is 42.5 Å². The molecule has 0 N–H and O–H groups in total. The fraction of sp³-hybridized carbons (Fsp3) is 0.286. The van der Waals surface area contributed by atoms with Crippen LogP contribution >= 0.6 is 0 Å². The highest BCUT2D eigenvalue weighted by Gasteiger charge is 2.25. The third kappa shape index (κ3) is 1.90. The third-order valence-electron chi connectivity index (χ3n) is 3.20. The lowest BCUT2D eigenvalue weighted by Crippen LogP contribution is -2.27. The minimum atomic E-state index is -0.0520. The van der Waals surface area contributed by atoms with Crippen LogP contribution in [0.3, 0.4) is 0 Å². The van der Waals surface area contributed by atoms with Crippen LogP contribution in [0.5, 0.6) is 0 Å². The Kier molecular flexibility index (Phi) is 2.84. The Morgan fingerprint density at radius 1 is 1.17 bits per heavy atom. The number of amides is 1. The van der Waals surface area contributed by atoms with E-state index in [0.717, 1.165) is 31.5 Å². The molecule has 0 saturated carbocycles. The monoisotopic (exact) mass is 242 g/mol. The number of benzene rings is 1. The van der Waals surface area contributed by atoms with Gasteiger partial charge in [-0.2, -0.15) is 0 Å². The van der Waals surface area contributed by atoms with Crippen molar-refractivity contribution in [3.8, 4) is 11.3 Å². The highest BCUT2D eigenvalue weighted by molar-refractivity contribution is 5.97. The molecule has 1 aliphatic rings. The number of carbonyl (C=O) groups is 1. The van der Waals surface area contributed by atoms with E-state index < -0.39 is 0 Å². The zero-order valence-electron chi connectivity index (χ0n) is 10.0.